The molecule has 4 rings (SSSR count). The van der Waals surface area contributed by atoms with Crippen molar-refractivity contribution in [3.63, 3.8) is 0 Å². The first-order valence-electron chi connectivity index (χ1n) is 10.6. The molecule has 1 N–H and O–H groups in total. The molecule has 1 unspecified atom stereocenters. The van der Waals surface area contributed by atoms with Crippen LogP contribution in [0.5, 0.6) is 17.2 Å². The maximum absolute atomic E-state index is 13.3. The topological polar surface area (TPSA) is 98.2 Å². The molecule has 35 heavy (non-hydrogen) atoms. The summed E-state index contributed by atoms with van der Waals surface area (Å²) in [6.45, 7) is 0.110. The van der Waals surface area contributed by atoms with Gasteiger partial charge in [0.1, 0.15) is 23.0 Å². The number of methoxy groups -OCH3 is 3. The SMILES string of the molecule is COc1cccc(CN2C(=O)C(=O)/C(=C(/O)c3cc(OC)c(Cl)cc3OC)C2c2cccnc2)c1. The van der Waals surface area contributed by atoms with Crippen molar-refractivity contribution in [3.05, 3.63) is 88.2 Å². The Morgan fingerprint density at radius 3 is 2.46 bits per heavy atom. The number of halogens is 1. The highest BCUT2D eigenvalue weighted by molar-refractivity contribution is 6.46. The van der Waals surface area contributed by atoms with E-state index >= 15 is 0 Å². The van der Waals surface area contributed by atoms with Gasteiger partial charge in [0.05, 0.1) is 43.5 Å². The minimum absolute atomic E-state index is 0.0893. The van der Waals surface area contributed by atoms with Crippen molar-refractivity contribution in [2.75, 3.05) is 21.3 Å². The molecule has 1 aromatic heterocycles. The van der Waals surface area contributed by atoms with E-state index in [1.54, 1.807) is 49.8 Å². The number of carbonyl (C=O) groups is 2. The average molecular weight is 495 g/mol. The number of Topliss-reactive ketones (excluding diaryl/α,β-unsaturated/α-hetero) is 1. The van der Waals surface area contributed by atoms with Crippen LogP contribution >= 0.6 is 11.6 Å². The number of benzene rings is 2. The predicted octanol–water partition coefficient (Wildman–Crippen LogP) is 4.38. The monoisotopic (exact) mass is 494 g/mol. The molecule has 0 radical (unpaired) electrons. The maximum atomic E-state index is 13.3. The third kappa shape index (κ3) is 4.52. The first-order chi connectivity index (χ1) is 16.9. The lowest BCUT2D eigenvalue weighted by Gasteiger charge is -2.25. The summed E-state index contributed by atoms with van der Waals surface area (Å²) in [7, 11) is 4.39. The lowest BCUT2D eigenvalue weighted by molar-refractivity contribution is -0.140. The molecule has 0 spiro atoms. The van der Waals surface area contributed by atoms with Crippen LogP contribution in [0.1, 0.15) is 22.7 Å². The van der Waals surface area contributed by atoms with Gasteiger partial charge in [-0.2, -0.15) is 0 Å². The molecule has 1 aliphatic heterocycles. The molecular formula is C26H23ClN2O6. The van der Waals surface area contributed by atoms with Crippen LogP contribution in [0.25, 0.3) is 5.76 Å². The number of aromatic nitrogens is 1. The number of nitrogens with zero attached hydrogens (tertiary/aromatic N) is 2. The number of carbonyl (C=O) groups excluding carboxylic acids is 2. The third-order valence-corrected chi connectivity index (χ3v) is 6.05. The van der Waals surface area contributed by atoms with Crippen LogP contribution in [0.15, 0.2) is 66.5 Å². The third-order valence-electron chi connectivity index (χ3n) is 5.76. The minimum atomic E-state index is -0.888. The second-order valence-electron chi connectivity index (χ2n) is 7.75. The summed E-state index contributed by atoms with van der Waals surface area (Å²) in [5.74, 6) is -0.861. The number of likely N-dealkylation sites (tertiary alicyclic amines) is 1. The van der Waals surface area contributed by atoms with Gasteiger partial charge in [-0.05, 0) is 35.4 Å². The predicted molar refractivity (Wildman–Crippen MR) is 130 cm³/mol. The molecule has 1 atom stereocenters. The summed E-state index contributed by atoms with van der Waals surface area (Å²) in [4.78, 5) is 32.1. The van der Waals surface area contributed by atoms with Crippen molar-refractivity contribution in [2.24, 2.45) is 0 Å². The summed E-state index contributed by atoms with van der Waals surface area (Å²) in [6.07, 6.45) is 3.15. The molecule has 2 aromatic carbocycles. The number of hydrogen-bond donors (Lipinski definition) is 1. The zero-order valence-corrected chi connectivity index (χ0v) is 20.1. The van der Waals surface area contributed by atoms with E-state index in [2.05, 4.69) is 4.98 Å². The van der Waals surface area contributed by atoms with Gasteiger partial charge in [0.25, 0.3) is 11.7 Å². The Labute approximate surface area is 207 Å². The van der Waals surface area contributed by atoms with Crippen LogP contribution in [0.3, 0.4) is 0 Å². The number of aliphatic hydroxyl groups excluding tert-OH is 1. The highest BCUT2D eigenvalue weighted by Gasteiger charge is 2.46. The van der Waals surface area contributed by atoms with E-state index < -0.39 is 23.5 Å². The van der Waals surface area contributed by atoms with Crippen LogP contribution in [-0.2, 0) is 16.1 Å². The van der Waals surface area contributed by atoms with Crippen molar-refractivity contribution in [3.8, 4) is 17.2 Å². The fourth-order valence-corrected chi connectivity index (χ4v) is 4.32. The molecule has 0 aliphatic carbocycles. The van der Waals surface area contributed by atoms with E-state index in [1.165, 1.54) is 31.3 Å². The molecule has 0 bridgehead atoms. The van der Waals surface area contributed by atoms with E-state index in [0.717, 1.165) is 5.56 Å². The number of amides is 1. The molecule has 8 nitrogen and oxygen atoms in total. The Morgan fingerprint density at radius 1 is 1.03 bits per heavy atom. The average Bonchev–Trinajstić information content (AvgIpc) is 3.13. The van der Waals surface area contributed by atoms with E-state index in [-0.39, 0.29) is 34.2 Å². The van der Waals surface area contributed by atoms with Crippen LogP contribution in [0.4, 0.5) is 0 Å². The first kappa shape index (κ1) is 24.1. The Bertz CT molecular complexity index is 1310. The number of aliphatic hydroxyl groups is 1. The molecule has 0 saturated carbocycles. The van der Waals surface area contributed by atoms with Gasteiger partial charge in [-0.3, -0.25) is 14.6 Å². The van der Waals surface area contributed by atoms with Gasteiger partial charge in [-0.15, -0.1) is 0 Å². The summed E-state index contributed by atoms with van der Waals surface area (Å²) in [5.41, 5.74) is 1.40. The molecule has 1 aliphatic rings. The van der Waals surface area contributed by atoms with Crippen LogP contribution in [0, 0.1) is 0 Å². The van der Waals surface area contributed by atoms with Gasteiger partial charge < -0.3 is 24.2 Å². The lowest BCUT2D eigenvalue weighted by atomic mass is 9.95. The number of pyridine rings is 1. The summed E-state index contributed by atoms with van der Waals surface area (Å²) in [6, 6.07) is 12.7. The number of ether oxygens (including phenoxy) is 3. The van der Waals surface area contributed by atoms with Crippen LogP contribution in [-0.4, -0.2) is 48.0 Å². The Morgan fingerprint density at radius 2 is 1.80 bits per heavy atom. The number of hydrogen-bond acceptors (Lipinski definition) is 7. The zero-order valence-electron chi connectivity index (χ0n) is 19.3. The fraction of sp³-hybridized carbons (Fsp3) is 0.192. The highest BCUT2D eigenvalue weighted by atomic mass is 35.5. The molecule has 2 heterocycles. The lowest BCUT2D eigenvalue weighted by Crippen LogP contribution is -2.29. The highest BCUT2D eigenvalue weighted by Crippen LogP contribution is 2.43. The molecule has 1 fully saturated rings. The minimum Gasteiger partial charge on any atom is -0.507 e. The van der Waals surface area contributed by atoms with Crippen molar-refractivity contribution < 1.29 is 28.9 Å². The van der Waals surface area contributed by atoms with Crippen LogP contribution < -0.4 is 14.2 Å². The standard InChI is InChI=1S/C26H23ClN2O6/c1-33-17-8-4-6-15(10-17)14-29-23(16-7-5-9-28-13-16)22(25(31)26(29)32)24(30)18-11-21(35-3)19(27)12-20(18)34-2/h4-13,23,30H,14H2,1-3H3/b24-22+. The maximum Gasteiger partial charge on any atom is 0.295 e. The van der Waals surface area contributed by atoms with Gasteiger partial charge >= 0.3 is 0 Å². The van der Waals surface area contributed by atoms with Gasteiger partial charge in [0, 0.05) is 25.0 Å². The van der Waals surface area contributed by atoms with Crippen molar-refractivity contribution in [2.45, 2.75) is 12.6 Å². The molecular weight excluding hydrogens is 472 g/mol. The van der Waals surface area contributed by atoms with Crippen molar-refractivity contribution in [1.82, 2.24) is 9.88 Å². The van der Waals surface area contributed by atoms with Gasteiger partial charge in [-0.1, -0.05) is 29.8 Å². The van der Waals surface area contributed by atoms with Gasteiger partial charge in [0.15, 0.2) is 0 Å². The van der Waals surface area contributed by atoms with Gasteiger partial charge in [-0.25, -0.2) is 0 Å². The van der Waals surface area contributed by atoms with E-state index in [0.29, 0.717) is 11.3 Å². The summed E-state index contributed by atoms with van der Waals surface area (Å²) >= 11 is 6.21. The normalized spacial score (nSPS) is 16.9. The smallest absolute Gasteiger partial charge is 0.295 e. The number of ketones is 1. The Balaban J connectivity index is 1.90. The van der Waals surface area contributed by atoms with Crippen LogP contribution in [0.2, 0.25) is 5.02 Å². The van der Waals surface area contributed by atoms with E-state index in [9.17, 15) is 14.7 Å². The number of rotatable bonds is 7. The molecule has 3 aromatic rings. The summed E-state index contributed by atoms with van der Waals surface area (Å²) in [5, 5.41) is 11.7. The van der Waals surface area contributed by atoms with Crippen molar-refractivity contribution in [1.29, 1.82) is 0 Å². The van der Waals surface area contributed by atoms with E-state index in [1.807, 2.05) is 6.07 Å². The quantitative estimate of drug-likeness (QED) is 0.295. The molecule has 1 amide bonds. The Hall–Kier alpha value is -4.04. The largest absolute Gasteiger partial charge is 0.507 e. The van der Waals surface area contributed by atoms with E-state index in [4.69, 9.17) is 25.8 Å². The molecule has 1 saturated heterocycles. The fourth-order valence-electron chi connectivity index (χ4n) is 4.09. The Kier molecular flexibility index (Phi) is 6.93. The molecule has 180 valence electrons. The van der Waals surface area contributed by atoms with Gasteiger partial charge in [0.2, 0.25) is 0 Å². The molecule has 9 heteroatoms. The zero-order chi connectivity index (χ0) is 25.1. The summed E-state index contributed by atoms with van der Waals surface area (Å²) < 4.78 is 15.9. The first-order valence-corrected chi connectivity index (χ1v) is 11.0. The second-order valence-corrected chi connectivity index (χ2v) is 8.16. The second kappa shape index (κ2) is 10.1. The van der Waals surface area contributed by atoms with Crippen molar-refractivity contribution >= 4 is 29.1 Å².